The van der Waals surface area contributed by atoms with E-state index in [1.54, 1.807) is 42.5 Å². The number of amides is 2. The minimum Gasteiger partial charge on any atom is -0.456 e. The summed E-state index contributed by atoms with van der Waals surface area (Å²) in [6.45, 7) is 3.52. The highest BCUT2D eigenvalue weighted by molar-refractivity contribution is 6.38. The van der Waals surface area contributed by atoms with E-state index in [-0.39, 0.29) is 37.0 Å². The third-order valence-electron chi connectivity index (χ3n) is 5.63. The van der Waals surface area contributed by atoms with Crippen LogP contribution >= 0.6 is 11.6 Å². The van der Waals surface area contributed by atoms with Crippen LogP contribution in [0.15, 0.2) is 47.6 Å². The fourth-order valence-electron chi connectivity index (χ4n) is 3.69. The molecule has 4 rings (SSSR count). The fraction of sp³-hybridized carbons (Fsp3) is 0.333. The number of halogens is 1. The van der Waals surface area contributed by atoms with Crippen molar-refractivity contribution in [2.75, 3.05) is 18.1 Å². The molecule has 0 aliphatic carbocycles. The number of hydrogen-bond donors (Lipinski definition) is 0. The first kappa shape index (κ1) is 22.0. The van der Waals surface area contributed by atoms with Crippen molar-refractivity contribution in [1.82, 2.24) is 4.90 Å². The predicted octanol–water partition coefficient (Wildman–Crippen LogP) is 4.11. The number of aryl methyl sites for hydroxylation is 1. The van der Waals surface area contributed by atoms with Gasteiger partial charge in [0, 0.05) is 36.5 Å². The molecular formula is C24H24ClN3O4. The van der Waals surface area contributed by atoms with Crippen molar-refractivity contribution >= 4 is 40.8 Å². The van der Waals surface area contributed by atoms with Gasteiger partial charge in [0.2, 0.25) is 5.91 Å². The molecule has 32 heavy (non-hydrogen) atoms. The quantitative estimate of drug-likeness (QED) is 0.638. The average molecular weight is 454 g/mol. The maximum absolute atomic E-state index is 12.5. The van der Waals surface area contributed by atoms with Crippen LogP contribution in [0.25, 0.3) is 0 Å². The van der Waals surface area contributed by atoms with E-state index in [0.717, 1.165) is 37.1 Å². The largest absolute Gasteiger partial charge is 0.456 e. The monoisotopic (exact) mass is 453 g/mol. The number of carbonyl (C=O) groups is 3. The number of carbonyl (C=O) groups excluding carboxylic acids is 3. The van der Waals surface area contributed by atoms with E-state index in [9.17, 15) is 14.4 Å². The highest BCUT2D eigenvalue weighted by Gasteiger charge is 2.27. The summed E-state index contributed by atoms with van der Waals surface area (Å²) < 4.78 is 5.40. The third-order valence-corrected chi connectivity index (χ3v) is 6.04. The number of hydrogen-bond acceptors (Lipinski definition) is 5. The van der Waals surface area contributed by atoms with E-state index in [4.69, 9.17) is 16.3 Å². The zero-order chi connectivity index (χ0) is 22.7. The van der Waals surface area contributed by atoms with Gasteiger partial charge in [0.15, 0.2) is 0 Å². The zero-order valence-electron chi connectivity index (χ0n) is 17.8. The lowest BCUT2D eigenvalue weighted by atomic mass is 10.1. The van der Waals surface area contributed by atoms with Gasteiger partial charge in [-0.3, -0.25) is 9.59 Å². The summed E-state index contributed by atoms with van der Waals surface area (Å²) in [6, 6.07) is 12.3. The van der Waals surface area contributed by atoms with E-state index in [1.165, 1.54) is 5.01 Å². The van der Waals surface area contributed by atoms with E-state index < -0.39 is 5.97 Å². The van der Waals surface area contributed by atoms with Crippen LogP contribution in [-0.4, -0.2) is 41.5 Å². The molecule has 2 aromatic carbocycles. The highest BCUT2D eigenvalue weighted by atomic mass is 35.5. The lowest BCUT2D eigenvalue weighted by molar-refractivity contribution is -0.137. The van der Waals surface area contributed by atoms with Gasteiger partial charge in [-0.25, -0.2) is 9.80 Å². The summed E-state index contributed by atoms with van der Waals surface area (Å²) in [7, 11) is 0. The topological polar surface area (TPSA) is 79.3 Å². The first-order valence-corrected chi connectivity index (χ1v) is 11.0. The SMILES string of the molecule is Cc1ccc(N2N=C(C(=O)OCc3ccc(C(=O)N4CCCC4)cc3)CCC2=O)cc1Cl. The van der Waals surface area contributed by atoms with E-state index >= 15 is 0 Å². The number of hydrazone groups is 1. The Morgan fingerprint density at radius 2 is 1.78 bits per heavy atom. The van der Waals surface area contributed by atoms with Crippen LogP contribution in [-0.2, 0) is 20.9 Å². The van der Waals surface area contributed by atoms with Crippen LogP contribution in [0.4, 0.5) is 5.69 Å². The van der Waals surface area contributed by atoms with Crippen molar-refractivity contribution < 1.29 is 19.1 Å². The average Bonchev–Trinajstić information content (AvgIpc) is 3.34. The van der Waals surface area contributed by atoms with Crippen LogP contribution in [0.1, 0.15) is 47.2 Å². The van der Waals surface area contributed by atoms with Crippen LogP contribution < -0.4 is 5.01 Å². The summed E-state index contributed by atoms with van der Waals surface area (Å²) in [5.41, 5.74) is 2.98. The van der Waals surface area contributed by atoms with Gasteiger partial charge < -0.3 is 9.64 Å². The van der Waals surface area contributed by atoms with Gasteiger partial charge in [0.1, 0.15) is 12.3 Å². The van der Waals surface area contributed by atoms with Crippen LogP contribution in [0.2, 0.25) is 5.02 Å². The van der Waals surface area contributed by atoms with Crippen molar-refractivity contribution in [2.45, 2.75) is 39.2 Å². The Bertz CT molecular complexity index is 1080. The second kappa shape index (κ2) is 9.53. The molecule has 0 atom stereocenters. The van der Waals surface area contributed by atoms with Crippen LogP contribution in [0.3, 0.4) is 0 Å². The van der Waals surface area contributed by atoms with Gasteiger partial charge in [-0.2, -0.15) is 5.10 Å². The maximum atomic E-state index is 12.5. The minimum atomic E-state index is -0.571. The molecule has 8 heteroatoms. The van der Waals surface area contributed by atoms with Gasteiger partial charge in [-0.15, -0.1) is 0 Å². The standard InChI is InChI=1S/C24H24ClN3O4/c1-16-4-9-19(14-20(16)25)28-22(29)11-10-21(26-28)24(31)32-15-17-5-7-18(8-6-17)23(30)27-12-2-3-13-27/h4-9,14H,2-3,10-13,15H2,1H3. The second-order valence-corrected chi connectivity index (χ2v) is 8.37. The van der Waals surface area contributed by atoms with Crippen molar-refractivity contribution in [2.24, 2.45) is 5.10 Å². The van der Waals surface area contributed by atoms with Gasteiger partial charge >= 0.3 is 5.97 Å². The minimum absolute atomic E-state index is 0.0311. The van der Waals surface area contributed by atoms with Crippen molar-refractivity contribution in [3.8, 4) is 0 Å². The molecule has 0 spiro atoms. The number of ether oxygens (including phenoxy) is 1. The van der Waals surface area contributed by atoms with Crippen molar-refractivity contribution in [3.63, 3.8) is 0 Å². The lowest BCUT2D eigenvalue weighted by Gasteiger charge is -2.23. The first-order chi connectivity index (χ1) is 15.4. The van der Waals surface area contributed by atoms with E-state index in [2.05, 4.69) is 5.10 Å². The molecule has 0 aromatic heterocycles. The van der Waals surface area contributed by atoms with Crippen LogP contribution in [0, 0.1) is 6.92 Å². The molecule has 166 valence electrons. The number of rotatable bonds is 5. The molecular weight excluding hydrogens is 430 g/mol. The number of benzene rings is 2. The summed E-state index contributed by atoms with van der Waals surface area (Å²) in [4.78, 5) is 39.1. The molecule has 7 nitrogen and oxygen atoms in total. The molecule has 0 unspecified atom stereocenters. The Morgan fingerprint density at radius 1 is 1.06 bits per heavy atom. The molecule has 0 bridgehead atoms. The van der Waals surface area contributed by atoms with Gasteiger partial charge in [0.25, 0.3) is 5.91 Å². The number of nitrogens with zero attached hydrogens (tertiary/aromatic N) is 3. The fourth-order valence-corrected chi connectivity index (χ4v) is 3.87. The summed E-state index contributed by atoms with van der Waals surface area (Å²) in [5, 5.41) is 5.93. The molecule has 0 saturated carbocycles. The normalized spacial score (nSPS) is 16.2. The Labute approximate surface area is 191 Å². The molecule has 1 saturated heterocycles. The van der Waals surface area contributed by atoms with Crippen LogP contribution in [0.5, 0.6) is 0 Å². The molecule has 1 fully saturated rings. The number of anilines is 1. The molecule has 2 heterocycles. The van der Waals surface area contributed by atoms with Crippen molar-refractivity contribution in [1.29, 1.82) is 0 Å². The molecule has 2 aromatic rings. The molecule has 2 amide bonds. The smallest absolute Gasteiger partial charge is 0.354 e. The Kier molecular flexibility index (Phi) is 6.55. The molecule has 2 aliphatic heterocycles. The molecule has 2 aliphatic rings. The summed E-state index contributed by atoms with van der Waals surface area (Å²) in [6.07, 6.45) is 2.47. The summed E-state index contributed by atoms with van der Waals surface area (Å²) >= 11 is 6.16. The third kappa shape index (κ3) is 4.83. The lowest BCUT2D eigenvalue weighted by Crippen LogP contribution is -2.35. The Morgan fingerprint density at radius 3 is 2.47 bits per heavy atom. The molecule has 0 N–H and O–H groups in total. The zero-order valence-corrected chi connectivity index (χ0v) is 18.6. The Balaban J connectivity index is 1.39. The highest BCUT2D eigenvalue weighted by Crippen LogP contribution is 2.26. The van der Waals surface area contributed by atoms with E-state index in [0.29, 0.717) is 16.3 Å². The predicted molar refractivity (Wildman–Crippen MR) is 122 cm³/mol. The van der Waals surface area contributed by atoms with E-state index in [1.807, 2.05) is 11.8 Å². The second-order valence-electron chi connectivity index (χ2n) is 7.96. The molecule has 0 radical (unpaired) electrons. The van der Waals surface area contributed by atoms with Crippen molar-refractivity contribution in [3.05, 3.63) is 64.2 Å². The van der Waals surface area contributed by atoms with Gasteiger partial charge in [-0.1, -0.05) is 29.8 Å². The van der Waals surface area contributed by atoms with Gasteiger partial charge in [0.05, 0.1) is 5.69 Å². The van der Waals surface area contributed by atoms with Gasteiger partial charge in [-0.05, 0) is 55.2 Å². The number of esters is 1. The number of likely N-dealkylation sites (tertiary alicyclic amines) is 1. The first-order valence-electron chi connectivity index (χ1n) is 10.6. The Hall–Kier alpha value is -3.19. The summed E-state index contributed by atoms with van der Waals surface area (Å²) in [5.74, 6) is -0.749. The maximum Gasteiger partial charge on any atom is 0.354 e.